The number of carbonyl (C=O) groups is 1. The summed E-state index contributed by atoms with van der Waals surface area (Å²) in [7, 11) is 0. The zero-order valence-electron chi connectivity index (χ0n) is 19.6. The standard InChI is InChI=1S/C30H33NO2.ClH/c1-2-24-15-17-25(18-16-24)29(32)14-9-21-31-22-19-28(20-23-31)30(33,26-10-5-3-6-11-26)27-12-7-4-8-13-27;/h2-8,10-13,15-18,28,33H,1,9,14,19-23H2;1H. The van der Waals surface area contributed by atoms with E-state index in [1.165, 1.54) is 0 Å². The van der Waals surface area contributed by atoms with Crippen LogP contribution in [0.4, 0.5) is 0 Å². The highest BCUT2D eigenvalue weighted by atomic mass is 35.5. The second-order valence-corrected chi connectivity index (χ2v) is 8.97. The number of Topliss-reactive ketones (excluding diaryl/α,β-unsaturated/α-hetero) is 1. The van der Waals surface area contributed by atoms with Crippen LogP contribution in [0.2, 0.25) is 0 Å². The minimum Gasteiger partial charge on any atom is -0.380 e. The summed E-state index contributed by atoms with van der Waals surface area (Å²) in [6.45, 7) is 6.55. The van der Waals surface area contributed by atoms with Gasteiger partial charge in [0.25, 0.3) is 0 Å². The molecule has 1 aliphatic rings. The molecule has 0 aliphatic carbocycles. The van der Waals surface area contributed by atoms with Crippen molar-refractivity contribution in [3.63, 3.8) is 0 Å². The van der Waals surface area contributed by atoms with Crippen molar-refractivity contribution in [1.82, 2.24) is 4.90 Å². The molecule has 1 N–H and O–H groups in total. The van der Waals surface area contributed by atoms with Crippen molar-refractivity contribution >= 4 is 24.3 Å². The first-order chi connectivity index (χ1) is 16.1. The minimum absolute atomic E-state index is 0. The maximum Gasteiger partial charge on any atom is 0.162 e. The number of piperidine rings is 1. The number of halogens is 1. The highest BCUT2D eigenvalue weighted by molar-refractivity contribution is 5.96. The van der Waals surface area contributed by atoms with Gasteiger partial charge in [0.15, 0.2) is 5.78 Å². The van der Waals surface area contributed by atoms with Gasteiger partial charge in [-0.2, -0.15) is 0 Å². The molecule has 1 saturated heterocycles. The third-order valence-electron chi connectivity index (χ3n) is 6.95. The lowest BCUT2D eigenvalue weighted by atomic mass is 9.72. The molecule has 3 nitrogen and oxygen atoms in total. The Balaban J connectivity index is 0.00000324. The zero-order valence-corrected chi connectivity index (χ0v) is 20.4. The van der Waals surface area contributed by atoms with Crippen LogP contribution < -0.4 is 0 Å². The molecule has 0 amide bonds. The van der Waals surface area contributed by atoms with Crippen LogP contribution in [-0.2, 0) is 5.60 Å². The number of hydrogen-bond donors (Lipinski definition) is 1. The van der Waals surface area contributed by atoms with Gasteiger partial charge in [0, 0.05) is 12.0 Å². The number of rotatable bonds is 9. The molecule has 1 aliphatic heterocycles. The number of likely N-dealkylation sites (tertiary alicyclic amines) is 1. The number of ketones is 1. The van der Waals surface area contributed by atoms with Gasteiger partial charge in [0.1, 0.15) is 5.60 Å². The SMILES string of the molecule is C=Cc1ccc(C(=O)CCCN2CCC(C(O)(c3ccccc3)c3ccccc3)CC2)cc1.Cl. The van der Waals surface area contributed by atoms with Crippen molar-refractivity contribution in [3.8, 4) is 0 Å². The van der Waals surface area contributed by atoms with Gasteiger partial charge < -0.3 is 10.0 Å². The van der Waals surface area contributed by atoms with Crippen molar-refractivity contribution < 1.29 is 9.90 Å². The largest absolute Gasteiger partial charge is 0.380 e. The third-order valence-corrected chi connectivity index (χ3v) is 6.95. The van der Waals surface area contributed by atoms with E-state index in [1.54, 1.807) is 6.08 Å². The fourth-order valence-electron chi connectivity index (χ4n) is 5.01. The van der Waals surface area contributed by atoms with Gasteiger partial charge in [-0.15, -0.1) is 12.4 Å². The average Bonchev–Trinajstić information content (AvgIpc) is 2.89. The van der Waals surface area contributed by atoms with E-state index in [0.717, 1.165) is 61.2 Å². The fraction of sp³-hybridized carbons (Fsp3) is 0.300. The summed E-state index contributed by atoms with van der Waals surface area (Å²) < 4.78 is 0. The summed E-state index contributed by atoms with van der Waals surface area (Å²) >= 11 is 0. The summed E-state index contributed by atoms with van der Waals surface area (Å²) in [4.78, 5) is 14.9. The molecule has 0 spiro atoms. The van der Waals surface area contributed by atoms with Gasteiger partial charge in [0.05, 0.1) is 0 Å². The van der Waals surface area contributed by atoms with E-state index in [1.807, 2.05) is 84.9 Å². The predicted octanol–water partition coefficient (Wildman–Crippen LogP) is 6.36. The molecule has 0 aromatic heterocycles. The van der Waals surface area contributed by atoms with Crippen LogP contribution in [0.3, 0.4) is 0 Å². The van der Waals surface area contributed by atoms with E-state index < -0.39 is 5.60 Å². The molecule has 0 bridgehead atoms. The Labute approximate surface area is 209 Å². The summed E-state index contributed by atoms with van der Waals surface area (Å²) in [5, 5.41) is 12.0. The highest BCUT2D eigenvalue weighted by Gasteiger charge is 2.41. The van der Waals surface area contributed by atoms with Gasteiger partial charge in [-0.3, -0.25) is 4.79 Å². The first-order valence-corrected chi connectivity index (χ1v) is 11.9. The molecule has 4 heteroatoms. The van der Waals surface area contributed by atoms with Gasteiger partial charge in [-0.1, -0.05) is 97.6 Å². The Morgan fingerprint density at radius 2 is 1.44 bits per heavy atom. The molecule has 4 rings (SSSR count). The second kappa shape index (κ2) is 12.1. The van der Waals surface area contributed by atoms with E-state index in [9.17, 15) is 9.90 Å². The maximum atomic E-state index is 12.5. The Hall–Kier alpha value is -2.72. The van der Waals surface area contributed by atoms with E-state index in [-0.39, 0.29) is 24.1 Å². The van der Waals surface area contributed by atoms with Gasteiger partial charge in [-0.25, -0.2) is 0 Å². The van der Waals surface area contributed by atoms with E-state index in [0.29, 0.717) is 6.42 Å². The van der Waals surface area contributed by atoms with Crippen molar-refractivity contribution in [3.05, 3.63) is 114 Å². The fourth-order valence-corrected chi connectivity index (χ4v) is 5.01. The highest BCUT2D eigenvalue weighted by Crippen LogP contribution is 2.41. The van der Waals surface area contributed by atoms with E-state index in [4.69, 9.17) is 0 Å². The molecule has 3 aromatic rings. The van der Waals surface area contributed by atoms with E-state index >= 15 is 0 Å². The lowest BCUT2D eigenvalue weighted by molar-refractivity contribution is -0.0142. The number of aliphatic hydroxyl groups is 1. The second-order valence-electron chi connectivity index (χ2n) is 8.97. The molecule has 178 valence electrons. The maximum absolute atomic E-state index is 12.5. The zero-order chi connectivity index (χ0) is 23.1. The van der Waals surface area contributed by atoms with Crippen LogP contribution in [0.15, 0.2) is 91.5 Å². The van der Waals surface area contributed by atoms with Crippen LogP contribution >= 0.6 is 12.4 Å². The lowest BCUT2D eigenvalue weighted by Crippen LogP contribution is -2.44. The minimum atomic E-state index is -0.984. The molecular formula is C30H34ClNO2. The molecule has 1 fully saturated rings. The van der Waals surface area contributed by atoms with Crippen molar-refractivity contribution in [2.75, 3.05) is 19.6 Å². The molecule has 0 radical (unpaired) electrons. The quantitative estimate of drug-likeness (QED) is 0.366. The molecule has 1 heterocycles. The Bertz CT molecular complexity index is 1000. The van der Waals surface area contributed by atoms with Crippen LogP contribution in [0.25, 0.3) is 6.08 Å². The van der Waals surface area contributed by atoms with Gasteiger partial charge in [0.2, 0.25) is 0 Å². The first kappa shape index (κ1) is 25.9. The third kappa shape index (κ3) is 5.85. The van der Waals surface area contributed by atoms with Crippen LogP contribution in [0.1, 0.15) is 52.7 Å². The summed E-state index contributed by atoms with van der Waals surface area (Å²) in [6, 6.07) is 27.8. The number of benzene rings is 3. The normalized spacial score (nSPS) is 14.9. The molecular weight excluding hydrogens is 442 g/mol. The van der Waals surface area contributed by atoms with Gasteiger partial charge in [-0.05, 0) is 61.5 Å². The Morgan fingerprint density at radius 3 is 1.94 bits per heavy atom. The Kier molecular flexibility index (Phi) is 9.23. The average molecular weight is 476 g/mol. The molecule has 0 atom stereocenters. The van der Waals surface area contributed by atoms with Crippen molar-refractivity contribution in [1.29, 1.82) is 0 Å². The summed E-state index contributed by atoms with van der Waals surface area (Å²) in [5.74, 6) is 0.353. The summed E-state index contributed by atoms with van der Waals surface area (Å²) in [6.07, 6.45) is 5.06. The number of carbonyl (C=O) groups excluding carboxylic acids is 1. The smallest absolute Gasteiger partial charge is 0.162 e. The van der Waals surface area contributed by atoms with Crippen molar-refractivity contribution in [2.45, 2.75) is 31.3 Å². The van der Waals surface area contributed by atoms with Crippen LogP contribution in [0.5, 0.6) is 0 Å². The first-order valence-electron chi connectivity index (χ1n) is 11.9. The molecule has 0 unspecified atom stereocenters. The van der Waals surface area contributed by atoms with Crippen molar-refractivity contribution in [2.24, 2.45) is 5.92 Å². The topological polar surface area (TPSA) is 40.5 Å². The number of nitrogens with zero attached hydrogens (tertiary/aromatic N) is 1. The lowest BCUT2D eigenvalue weighted by Gasteiger charge is -2.42. The monoisotopic (exact) mass is 475 g/mol. The van der Waals surface area contributed by atoms with Crippen LogP contribution in [0, 0.1) is 5.92 Å². The summed E-state index contributed by atoms with van der Waals surface area (Å²) in [5.41, 5.74) is 2.74. The molecule has 3 aromatic carbocycles. The van der Waals surface area contributed by atoms with E-state index in [2.05, 4.69) is 11.5 Å². The van der Waals surface area contributed by atoms with Crippen LogP contribution in [-0.4, -0.2) is 35.4 Å². The molecule has 0 saturated carbocycles. The number of hydrogen-bond acceptors (Lipinski definition) is 3. The Morgan fingerprint density at radius 1 is 0.912 bits per heavy atom. The molecule has 34 heavy (non-hydrogen) atoms. The predicted molar refractivity (Wildman–Crippen MR) is 142 cm³/mol. The van der Waals surface area contributed by atoms with Gasteiger partial charge >= 0.3 is 0 Å².